The van der Waals surface area contributed by atoms with Crippen LogP contribution < -0.4 is 11.1 Å². The molecular formula is C18H25BrN2O. The van der Waals surface area contributed by atoms with Crippen molar-refractivity contribution in [2.45, 2.75) is 56.4 Å². The molecule has 0 spiro atoms. The van der Waals surface area contributed by atoms with Gasteiger partial charge in [0, 0.05) is 28.9 Å². The van der Waals surface area contributed by atoms with Gasteiger partial charge in [0.2, 0.25) is 5.91 Å². The molecule has 2 aliphatic rings. The Morgan fingerprint density at radius 1 is 1.32 bits per heavy atom. The van der Waals surface area contributed by atoms with E-state index in [9.17, 15) is 4.79 Å². The van der Waals surface area contributed by atoms with E-state index in [1.54, 1.807) is 0 Å². The van der Waals surface area contributed by atoms with Crippen LogP contribution in [-0.4, -0.2) is 18.5 Å². The SMILES string of the molecule is N[C@@H]1CCC[C@H]1CC(=O)NCC1(c2cccc(Br)c2)CCC1. The smallest absolute Gasteiger partial charge is 0.220 e. The van der Waals surface area contributed by atoms with Gasteiger partial charge in [0.05, 0.1) is 0 Å². The average molecular weight is 365 g/mol. The lowest BCUT2D eigenvalue weighted by Gasteiger charge is -2.42. The zero-order valence-corrected chi connectivity index (χ0v) is 14.6. The number of amides is 1. The maximum Gasteiger partial charge on any atom is 0.220 e. The van der Waals surface area contributed by atoms with E-state index >= 15 is 0 Å². The molecule has 3 nitrogen and oxygen atoms in total. The molecule has 0 bridgehead atoms. The summed E-state index contributed by atoms with van der Waals surface area (Å²) in [7, 11) is 0. The summed E-state index contributed by atoms with van der Waals surface area (Å²) < 4.78 is 1.11. The van der Waals surface area contributed by atoms with Crippen LogP contribution in [0.1, 0.15) is 50.5 Å². The fourth-order valence-electron chi connectivity index (χ4n) is 3.89. The Morgan fingerprint density at radius 2 is 2.14 bits per heavy atom. The lowest BCUT2D eigenvalue weighted by molar-refractivity contribution is -0.122. The Kier molecular flexibility index (Phi) is 4.88. The standard InChI is InChI=1S/C18H25BrN2O/c19-15-6-2-5-14(11-15)18(8-3-9-18)12-21-17(22)10-13-4-1-7-16(13)20/h2,5-6,11,13,16H,1,3-4,7-10,12,20H2,(H,21,22)/t13-,16+/m0/s1. The van der Waals surface area contributed by atoms with Crippen LogP contribution in [0.5, 0.6) is 0 Å². The highest BCUT2D eigenvalue weighted by molar-refractivity contribution is 9.10. The number of carbonyl (C=O) groups is 1. The van der Waals surface area contributed by atoms with E-state index in [2.05, 4.69) is 45.5 Å². The van der Waals surface area contributed by atoms with Gasteiger partial charge >= 0.3 is 0 Å². The predicted molar refractivity (Wildman–Crippen MR) is 92.6 cm³/mol. The monoisotopic (exact) mass is 364 g/mol. The van der Waals surface area contributed by atoms with Crippen LogP contribution in [0, 0.1) is 5.92 Å². The normalized spacial score (nSPS) is 26.5. The maximum atomic E-state index is 12.3. The Morgan fingerprint density at radius 3 is 2.73 bits per heavy atom. The molecule has 0 heterocycles. The first-order valence-corrected chi connectivity index (χ1v) is 9.17. The summed E-state index contributed by atoms with van der Waals surface area (Å²) in [4.78, 5) is 12.3. The van der Waals surface area contributed by atoms with Gasteiger partial charge in [0.15, 0.2) is 0 Å². The fourth-order valence-corrected chi connectivity index (χ4v) is 4.29. The largest absolute Gasteiger partial charge is 0.355 e. The number of nitrogens with two attached hydrogens (primary N) is 1. The highest BCUT2D eigenvalue weighted by Gasteiger charge is 2.39. The van der Waals surface area contributed by atoms with Gasteiger partial charge in [-0.15, -0.1) is 0 Å². The molecule has 2 atom stereocenters. The molecule has 120 valence electrons. The number of benzene rings is 1. The van der Waals surface area contributed by atoms with Crippen LogP contribution in [0.4, 0.5) is 0 Å². The van der Waals surface area contributed by atoms with E-state index in [0.29, 0.717) is 12.3 Å². The van der Waals surface area contributed by atoms with Crippen molar-refractivity contribution in [3.8, 4) is 0 Å². The topological polar surface area (TPSA) is 55.1 Å². The van der Waals surface area contributed by atoms with Crippen LogP contribution in [0.2, 0.25) is 0 Å². The lowest BCUT2D eigenvalue weighted by atomic mass is 9.64. The van der Waals surface area contributed by atoms with Gasteiger partial charge in [-0.2, -0.15) is 0 Å². The van der Waals surface area contributed by atoms with Crippen molar-refractivity contribution < 1.29 is 4.79 Å². The second kappa shape index (κ2) is 6.71. The predicted octanol–water partition coefficient (Wildman–Crippen LogP) is 3.50. The summed E-state index contributed by atoms with van der Waals surface area (Å²) in [5.41, 5.74) is 7.54. The second-order valence-electron chi connectivity index (χ2n) is 6.98. The van der Waals surface area contributed by atoms with Crippen molar-refractivity contribution in [1.82, 2.24) is 5.32 Å². The zero-order chi connectivity index (χ0) is 15.6. The first-order chi connectivity index (χ1) is 10.6. The first kappa shape index (κ1) is 16.0. The third-order valence-electron chi connectivity index (χ3n) is 5.54. The van der Waals surface area contributed by atoms with Crippen LogP contribution in [0.3, 0.4) is 0 Å². The van der Waals surface area contributed by atoms with Gasteiger partial charge < -0.3 is 11.1 Å². The van der Waals surface area contributed by atoms with E-state index in [1.165, 1.54) is 18.4 Å². The summed E-state index contributed by atoms with van der Waals surface area (Å²) in [5, 5.41) is 3.18. The quantitative estimate of drug-likeness (QED) is 0.839. The molecule has 3 N–H and O–H groups in total. The van der Waals surface area contributed by atoms with Crippen LogP contribution >= 0.6 is 15.9 Å². The molecular weight excluding hydrogens is 340 g/mol. The minimum absolute atomic E-state index is 0.136. The highest BCUT2D eigenvalue weighted by atomic mass is 79.9. The van der Waals surface area contributed by atoms with E-state index in [4.69, 9.17) is 5.73 Å². The molecule has 2 aliphatic carbocycles. The number of hydrogen-bond acceptors (Lipinski definition) is 2. The molecule has 1 amide bonds. The summed E-state index contributed by atoms with van der Waals surface area (Å²) in [6.07, 6.45) is 7.50. The molecule has 3 rings (SSSR count). The van der Waals surface area contributed by atoms with Crippen molar-refractivity contribution in [2.75, 3.05) is 6.54 Å². The molecule has 2 saturated carbocycles. The van der Waals surface area contributed by atoms with Gasteiger partial charge in [-0.3, -0.25) is 4.79 Å². The van der Waals surface area contributed by atoms with E-state index in [-0.39, 0.29) is 17.4 Å². The molecule has 1 aromatic rings. The number of halogens is 1. The zero-order valence-electron chi connectivity index (χ0n) is 13.0. The molecule has 2 fully saturated rings. The van der Waals surface area contributed by atoms with Gasteiger partial charge in [0.1, 0.15) is 0 Å². The molecule has 0 aliphatic heterocycles. The van der Waals surface area contributed by atoms with E-state index < -0.39 is 0 Å². The van der Waals surface area contributed by atoms with Crippen molar-refractivity contribution in [3.05, 3.63) is 34.3 Å². The van der Waals surface area contributed by atoms with Crippen LogP contribution in [0.15, 0.2) is 28.7 Å². The van der Waals surface area contributed by atoms with E-state index in [1.807, 2.05) is 0 Å². The Balaban J connectivity index is 1.58. The minimum Gasteiger partial charge on any atom is -0.355 e. The number of nitrogens with one attached hydrogen (secondary N) is 1. The molecule has 0 aromatic heterocycles. The summed E-state index contributed by atoms with van der Waals surface area (Å²) in [5.74, 6) is 0.548. The molecule has 22 heavy (non-hydrogen) atoms. The Hall–Kier alpha value is -0.870. The number of rotatable bonds is 5. The Labute approximate surface area is 141 Å². The van der Waals surface area contributed by atoms with Gasteiger partial charge in [-0.05, 0) is 49.3 Å². The van der Waals surface area contributed by atoms with Gasteiger partial charge in [-0.1, -0.05) is 40.9 Å². The third-order valence-corrected chi connectivity index (χ3v) is 6.03. The third kappa shape index (κ3) is 3.38. The highest BCUT2D eigenvalue weighted by Crippen LogP contribution is 2.43. The Bertz CT molecular complexity index is 542. The summed E-state index contributed by atoms with van der Waals surface area (Å²) >= 11 is 3.55. The average Bonchev–Trinajstić information content (AvgIpc) is 2.83. The second-order valence-corrected chi connectivity index (χ2v) is 7.90. The van der Waals surface area contributed by atoms with Crippen molar-refractivity contribution in [1.29, 1.82) is 0 Å². The van der Waals surface area contributed by atoms with Crippen molar-refractivity contribution in [2.24, 2.45) is 11.7 Å². The van der Waals surface area contributed by atoms with Gasteiger partial charge in [0.25, 0.3) is 0 Å². The van der Waals surface area contributed by atoms with Crippen LogP contribution in [0.25, 0.3) is 0 Å². The first-order valence-electron chi connectivity index (χ1n) is 8.37. The van der Waals surface area contributed by atoms with Crippen molar-refractivity contribution in [3.63, 3.8) is 0 Å². The molecule has 1 aromatic carbocycles. The lowest BCUT2D eigenvalue weighted by Crippen LogP contribution is -2.46. The molecule has 4 heteroatoms. The number of hydrogen-bond donors (Lipinski definition) is 2. The van der Waals surface area contributed by atoms with Crippen molar-refractivity contribution >= 4 is 21.8 Å². The minimum atomic E-state index is 0.136. The fraction of sp³-hybridized carbons (Fsp3) is 0.611. The van der Waals surface area contributed by atoms with Gasteiger partial charge in [-0.25, -0.2) is 0 Å². The molecule has 0 radical (unpaired) electrons. The molecule has 0 unspecified atom stereocenters. The summed E-state index contributed by atoms with van der Waals surface area (Å²) in [6.45, 7) is 0.754. The number of carbonyl (C=O) groups excluding carboxylic acids is 1. The maximum absolute atomic E-state index is 12.3. The van der Waals surface area contributed by atoms with E-state index in [0.717, 1.165) is 36.7 Å². The molecule has 0 saturated heterocycles. The summed E-state index contributed by atoms with van der Waals surface area (Å²) in [6, 6.07) is 8.73. The van der Waals surface area contributed by atoms with Crippen LogP contribution in [-0.2, 0) is 10.2 Å².